The van der Waals surface area contributed by atoms with E-state index in [-0.39, 0.29) is 5.78 Å². The van der Waals surface area contributed by atoms with E-state index in [1.54, 1.807) is 19.2 Å². The maximum absolute atomic E-state index is 12.1. The summed E-state index contributed by atoms with van der Waals surface area (Å²) in [6.45, 7) is 0. The lowest BCUT2D eigenvalue weighted by molar-refractivity contribution is 0.0983. The lowest BCUT2D eigenvalue weighted by Crippen LogP contribution is -2.02. The van der Waals surface area contributed by atoms with Crippen LogP contribution in [0.5, 0.6) is 5.75 Å². The third-order valence-electron chi connectivity index (χ3n) is 2.95. The average Bonchev–Trinajstić information content (AvgIpc) is 2.45. The molecule has 0 aliphatic carbocycles. The molecule has 19 heavy (non-hydrogen) atoms. The summed E-state index contributed by atoms with van der Waals surface area (Å²) in [4.78, 5) is 12.1. The maximum Gasteiger partial charge on any atom is 0.164 e. The molecule has 0 unspecified atom stereocenters. The van der Waals surface area contributed by atoms with Crippen molar-refractivity contribution in [1.29, 1.82) is 0 Å². The SMILES string of the molecule is COc1cccc(CCC(=O)c2ccccc2Cl)c1. The van der Waals surface area contributed by atoms with E-state index < -0.39 is 0 Å². The molecule has 2 rings (SSSR count). The first-order valence-corrected chi connectivity index (χ1v) is 6.49. The van der Waals surface area contributed by atoms with E-state index in [1.807, 2.05) is 36.4 Å². The van der Waals surface area contributed by atoms with Gasteiger partial charge in [0.05, 0.1) is 12.1 Å². The molecule has 0 saturated heterocycles. The van der Waals surface area contributed by atoms with Crippen LogP contribution < -0.4 is 4.74 Å². The Kier molecular flexibility index (Phi) is 4.58. The summed E-state index contributed by atoms with van der Waals surface area (Å²) in [6, 6.07) is 14.9. The number of hydrogen-bond acceptors (Lipinski definition) is 2. The van der Waals surface area contributed by atoms with Crippen LogP contribution in [-0.2, 0) is 6.42 Å². The molecule has 0 atom stereocenters. The van der Waals surface area contributed by atoms with Crippen molar-refractivity contribution in [2.75, 3.05) is 7.11 Å². The van der Waals surface area contributed by atoms with E-state index in [4.69, 9.17) is 16.3 Å². The standard InChI is InChI=1S/C16H15ClO2/c1-19-13-6-4-5-12(11-13)9-10-16(18)14-7-2-3-8-15(14)17/h2-8,11H,9-10H2,1H3. The largest absolute Gasteiger partial charge is 0.497 e. The highest BCUT2D eigenvalue weighted by Crippen LogP contribution is 2.19. The summed E-state index contributed by atoms with van der Waals surface area (Å²) in [6.07, 6.45) is 1.12. The van der Waals surface area contributed by atoms with Crippen molar-refractivity contribution in [3.05, 3.63) is 64.7 Å². The summed E-state index contributed by atoms with van der Waals surface area (Å²) >= 11 is 6.01. The van der Waals surface area contributed by atoms with Gasteiger partial charge in [0.1, 0.15) is 5.75 Å². The second kappa shape index (κ2) is 6.39. The Bertz CT molecular complexity index is 578. The predicted octanol–water partition coefficient (Wildman–Crippen LogP) is 4.16. The molecule has 0 spiro atoms. The van der Waals surface area contributed by atoms with E-state index in [9.17, 15) is 4.79 Å². The van der Waals surface area contributed by atoms with E-state index >= 15 is 0 Å². The van der Waals surface area contributed by atoms with Crippen molar-refractivity contribution in [3.63, 3.8) is 0 Å². The van der Waals surface area contributed by atoms with E-state index in [0.717, 1.165) is 11.3 Å². The number of ketones is 1. The zero-order chi connectivity index (χ0) is 13.7. The molecular weight excluding hydrogens is 260 g/mol. The van der Waals surface area contributed by atoms with Crippen LogP contribution in [0.3, 0.4) is 0 Å². The van der Waals surface area contributed by atoms with Crippen LogP contribution in [0, 0.1) is 0 Å². The molecule has 0 fully saturated rings. The van der Waals surface area contributed by atoms with E-state index in [0.29, 0.717) is 23.4 Å². The summed E-state index contributed by atoms with van der Waals surface area (Å²) in [5, 5.41) is 0.512. The van der Waals surface area contributed by atoms with Gasteiger partial charge in [-0.15, -0.1) is 0 Å². The van der Waals surface area contributed by atoms with Gasteiger partial charge < -0.3 is 4.74 Å². The fourth-order valence-corrected chi connectivity index (χ4v) is 2.15. The predicted molar refractivity (Wildman–Crippen MR) is 77.1 cm³/mol. The molecule has 98 valence electrons. The van der Waals surface area contributed by atoms with Crippen molar-refractivity contribution in [2.45, 2.75) is 12.8 Å². The first kappa shape index (κ1) is 13.6. The summed E-state index contributed by atoms with van der Waals surface area (Å²) in [5.74, 6) is 0.871. The minimum absolute atomic E-state index is 0.0634. The number of benzene rings is 2. The van der Waals surface area contributed by atoms with Crippen molar-refractivity contribution in [3.8, 4) is 5.75 Å². The number of rotatable bonds is 5. The van der Waals surface area contributed by atoms with Crippen LogP contribution >= 0.6 is 11.6 Å². The number of carbonyl (C=O) groups excluding carboxylic acids is 1. The molecule has 0 bridgehead atoms. The molecule has 0 amide bonds. The topological polar surface area (TPSA) is 26.3 Å². The van der Waals surface area contributed by atoms with Gasteiger partial charge in [0, 0.05) is 12.0 Å². The Labute approximate surface area is 118 Å². The van der Waals surface area contributed by atoms with Crippen LogP contribution in [0.4, 0.5) is 0 Å². The highest BCUT2D eigenvalue weighted by Gasteiger charge is 2.09. The van der Waals surface area contributed by atoms with E-state index in [2.05, 4.69) is 0 Å². The summed E-state index contributed by atoms with van der Waals surface area (Å²) in [5.41, 5.74) is 1.67. The lowest BCUT2D eigenvalue weighted by atomic mass is 10.0. The second-order valence-corrected chi connectivity index (χ2v) is 4.66. The van der Waals surface area contributed by atoms with Crippen LogP contribution in [-0.4, -0.2) is 12.9 Å². The highest BCUT2D eigenvalue weighted by atomic mass is 35.5. The molecule has 0 heterocycles. The Hall–Kier alpha value is -1.80. The van der Waals surface area contributed by atoms with Gasteiger partial charge in [-0.2, -0.15) is 0 Å². The maximum atomic E-state index is 12.1. The van der Waals surface area contributed by atoms with Crippen molar-refractivity contribution in [1.82, 2.24) is 0 Å². The van der Waals surface area contributed by atoms with E-state index in [1.165, 1.54) is 0 Å². The van der Waals surface area contributed by atoms with Gasteiger partial charge >= 0.3 is 0 Å². The monoisotopic (exact) mass is 274 g/mol. The van der Waals surface area contributed by atoms with Crippen LogP contribution in [0.15, 0.2) is 48.5 Å². The zero-order valence-corrected chi connectivity index (χ0v) is 11.5. The number of hydrogen-bond donors (Lipinski definition) is 0. The molecular formula is C16H15ClO2. The molecule has 0 saturated carbocycles. The summed E-state index contributed by atoms with van der Waals surface area (Å²) < 4.78 is 5.16. The lowest BCUT2D eigenvalue weighted by Gasteiger charge is -2.05. The van der Waals surface area contributed by atoms with Crippen molar-refractivity contribution < 1.29 is 9.53 Å². The van der Waals surface area contributed by atoms with Crippen LogP contribution in [0.25, 0.3) is 0 Å². The minimum atomic E-state index is 0.0634. The fourth-order valence-electron chi connectivity index (χ4n) is 1.91. The Morgan fingerprint density at radius 2 is 1.95 bits per heavy atom. The molecule has 3 heteroatoms. The first-order valence-electron chi connectivity index (χ1n) is 6.11. The highest BCUT2D eigenvalue weighted by molar-refractivity contribution is 6.33. The number of Topliss-reactive ketones (excluding diaryl/α,β-unsaturated/α-hetero) is 1. The minimum Gasteiger partial charge on any atom is -0.497 e. The molecule has 0 N–H and O–H groups in total. The molecule has 0 aliphatic heterocycles. The number of ether oxygens (including phenoxy) is 1. The van der Waals surface area contributed by atoms with Crippen LogP contribution in [0.2, 0.25) is 5.02 Å². The fraction of sp³-hybridized carbons (Fsp3) is 0.188. The van der Waals surface area contributed by atoms with Gasteiger partial charge in [0.25, 0.3) is 0 Å². The number of methoxy groups -OCH3 is 1. The quantitative estimate of drug-likeness (QED) is 0.765. The first-order chi connectivity index (χ1) is 9.20. The second-order valence-electron chi connectivity index (χ2n) is 4.25. The van der Waals surface area contributed by atoms with Gasteiger partial charge in [-0.25, -0.2) is 0 Å². The molecule has 2 aromatic carbocycles. The smallest absolute Gasteiger partial charge is 0.164 e. The number of halogens is 1. The van der Waals surface area contributed by atoms with Gasteiger partial charge in [0.15, 0.2) is 5.78 Å². The summed E-state index contributed by atoms with van der Waals surface area (Å²) in [7, 11) is 1.63. The molecule has 0 aliphatic rings. The third kappa shape index (κ3) is 3.58. The third-order valence-corrected chi connectivity index (χ3v) is 3.28. The normalized spacial score (nSPS) is 10.2. The molecule has 2 aromatic rings. The Morgan fingerprint density at radius 3 is 2.68 bits per heavy atom. The number of aryl methyl sites for hydroxylation is 1. The van der Waals surface area contributed by atoms with Gasteiger partial charge in [-0.1, -0.05) is 35.9 Å². The Balaban J connectivity index is 2.02. The van der Waals surface area contributed by atoms with Gasteiger partial charge in [-0.3, -0.25) is 4.79 Å². The average molecular weight is 275 g/mol. The number of carbonyl (C=O) groups is 1. The zero-order valence-electron chi connectivity index (χ0n) is 10.7. The van der Waals surface area contributed by atoms with Crippen molar-refractivity contribution >= 4 is 17.4 Å². The molecule has 2 nitrogen and oxygen atoms in total. The molecule has 0 radical (unpaired) electrons. The van der Waals surface area contributed by atoms with Crippen LogP contribution in [0.1, 0.15) is 22.3 Å². The van der Waals surface area contributed by atoms with Gasteiger partial charge in [0.2, 0.25) is 0 Å². The van der Waals surface area contributed by atoms with Crippen molar-refractivity contribution in [2.24, 2.45) is 0 Å². The van der Waals surface area contributed by atoms with Gasteiger partial charge in [-0.05, 0) is 36.2 Å². The Morgan fingerprint density at radius 1 is 1.16 bits per heavy atom. The molecule has 0 aromatic heterocycles.